The molecule has 0 saturated carbocycles. The van der Waals surface area contributed by atoms with Gasteiger partial charge in [-0.2, -0.15) is 5.10 Å². The molecule has 1 heterocycles. The van der Waals surface area contributed by atoms with E-state index in [2.05, 4.69) is 15.4 Å². The van der Waals surface area contributed by atoms with Gasteiger partial charge in [0.05, 0.1) is 11.3 Å². The molecule has 0 aliphatic heterocycles. The molecule has 0 fully saturated rings. The summed E-state index contributed by atoms with van der Waals surface area (Å²) in [7, 11) is 0. The third-order valence-electron chi connectivity index (χ3n) is 2.68. The predicted octanol–water partition coefficient (Wildman–Crippen LogP) is 1.32. The molecular weight excluding hydrogens is 267 g/mol. The summed E-state index contributed by atoms with van der Waals surface area (Å²) < 4.78 is 14.3. The number of benzene rings is 1. The molecule has 8 heteroatoms. The van der Waals surface area contributed by atoms with E-state index in [0.29, 0.717) is 0 Å². The van der Waals surface area contributed by atoms with E-state index in [-0.39, 0.29) is 11.3 Å². The zero-order valence-electron chi connectivity index (χ0n) is 10.4. The predicted molar refractivity (Wildman–Crippen MR) is 66.7 cm³/mol. The number of carboxylic acids is 1. The van der Waals surface area contributed by atoms with Crippen molar-refractivity contribution in [2.45, 2.75) is 13.0 Å². The van der Waals surface area contributed by atoms with Crippen LogP contribution in [0, 0.1) is 5.82 Å². The van der Waals surface area contributed by atoms with Crippen LogP contribution in [0.1, 0.15) is 23.3 Å². The number of hydrogen-bond donors (Lipinski definition) is 2. The molecule has 20 heavy (non-hydrogen) atoms. The van der Waals surface area contributed by atoms with E-state index in [1.165, 1.54) is 23.4 Å². The molecule has 0 aliphatic rings. The second kappa shape index (κ2) is 5.47. The summed E-state index contributed by atoms with van der Waals surface area (Å²) in [6, 6.07) is 2.44. The second-order valence-corrected chi connectivity index (χ2v) is 4.04. The van der Waals surface area contributed by atoms with Gasteiger partial charge in [0, 0.05) is 0 Å². The fourth-order valence-electron chi connectivity index (χ4n) is 1.58. The van der Waals surface area contributed by atoms with Gasteiger partial charge in [0.15, 0.2) is 0 Å². The summed E-state index contributed by atoms with van der Waals surface area (Å²) in [5.74, 6) is -2.50. The van der Waals surface area contributed by atoms with Crippen molar-refractivity contribution < 1.29 is 19.1 Å². The minimum absolute atomic E-state index is 0.0239. The van der Waals surface area contributed by atoms with Crippen molar-refractivity contribution in [1.29, 1.82) is 0 Å². The Bertz CT molecular complexity index is 642. The van der Waals surface area contributed by atoms with Gasteiger partial charge in [0.25, 0.3) is 0 Å². The van der Waals surface area contributed by atoms with Crippen molar-refractivity contribution >= 4 is 17.6 Å². The Morgan fingerprint density at radius 2 is 2.20 bits per heavy atom. The number of carbonyl (C=O) groups is 2. The van der Waals surface area contributed by atoms with Gasteiger partial charge in [0.2, 0.25) is 5.91 Å². The summed E-state index contributed by atoms with van der Waals surface area (Å²) in [6.07, 6.45) is 2.65. The standard InChI is InChI=1S/C12H11FN4O3/c1-7(17-6-14-5-15-17)11(18)16-10-3-2-8(13)4-9(10)12(19)20/h2-7H,1H3,(H,16,18)(H,19,20). The number of halogens is 1. The topological polar surface area (TPSA) is 97.1 Å². The molecule has 0 radical (unpaired) electrons. The zero-order valence-corrected chi connectivity index (χ0v) is 10.4. The van der Waals surface area contributed by atoms with E-state index in [1.807, 2.05) is 0 Å². The van der Waals surface area contributed by atoms with Crippen LogP contribution in [0.4, 0.5) is 10.1 Å². The van der Waals surface area contributed by atoms with Gasteiger partial charge in [0.1, 0.15) is 24.5 Å². The van der Waals surface area contributed by atoms with E-state index in [0.717, 1.165) is 12.1 Å². The monoisotopic (exact) mass is 278 g/mol. The molecule has 7 nitrogen and oxygen atoms in total. The summed E-state index contributed by atoms with van der Waals surface area (Å²) in [4.78, 5) is 26.7. The highest BCUT2D eigenvalue weighted by molar-refractivity contribution is 6.01. The molecule has 1 amide bonds. The van der Waals surface area contributed by atoms with Gasteiger partial charge < -0.3 is 10.4 Å². The van der Waals surface area contributed by atoms with Gasteiger partial charge in [-0.3, -0.25) is 4.79 Å². The van der Waals surface area contributed by atoms with Crippen LogP contribution in [0.15, 0.2) is 30.9 Å². The lowest BCUT2D eigenvalue weighted by atomic mass is 10.1. The maximum Gasteiger partial charge on any atom is 0.337 e. The van der Waals surface area contributed by atoms with Crippen molar-refractivity contribution in [3.05, 3.63) is 42.2 Å². The zero-order chi connectivity index (χ0) is 14.7. The maximum atomic E-state index is 13.0. The van der Waals surface area contributed by atoms with Gasteiger partial charge in [-0.05, 0) is 25.1 Å². The van der Waals surface area contributed by atoms with Crippen molar-refractivity contribution in [3.63, 3.8) is 0 Å². The number of anilines is 1. The van der Waals surface area contributed by atoms with E-state index in [1.54, 1.807) is 6.92 Å². The van der Waals surface area contributed by atoms with Crippen molar-refractivity contribution in [2.24, 2.45) is 0 Å². The van der Waals surface area contributed by atoms with E-state index in [9.17, 15) is 14.0 Å². The number of nitrogens with one attached hydrogen (secondary N) is 1. The smallest absolute Gasteiger partial charge is 0.337 e. The van der Waals surface area contributed by atoms with Crippen LogP contribution < -0.4 is 5.32 Å². The summed E-state index contributed by atoms with van der Waals surface area (Å²) in [5, 5.41) is 15.2. The van der Waals surface area contributed by atoms with Crippen molar-refractivity contribution in [3.8, 4) is 0 Å². The molecule has 0 saturated heterocycles. The first-order chi connectivity index (χ1) is 9.49. The van der Waals surface area contributed by atoms with Gasteiger partial charge in [-0.25, -0.2) is 18.9 Å². The van der Waals surface area contributed by atoms with Gasteiger partial charge in [-0.15, -0.1) is 0 Å². The van der Waals surface area contributed by atoms with Crippen LogP contribution in [-0.2, 0) is 4.79 Å². The number of carboxylic acid groups (broad SMARTS) is 1. The Kier molecular flexibility index (Phi) is 3.74. The third kappa shape index (κ3) is 2.79. The molecule has 2 aromatic rings. The minimum atomic E-state index is -1.33. The normalized spacial score (nSPS) is 11.9. The molecule has 2 N–H and O–H groups in total. The molecule has 0 aliphatic carbocycles. The summed E-state index contributed by atoms with van der Waals surface area (Å²) in [5.41, 5.74) is -0.292. The van der Waals surface area contributed by atoms with Crippen LogP contribution in [0.25, 0.3) is 0 Å². The van der Waals surface area contributed by atoms with Crippen LogP contribution in [0.5, 0.6) is 0 Å². The lowest BCUT2D eigenvalue weighted by molar-refractivity contribution is -0.119. The third-order valence-corrected chi connectivity index (χ3v) is 2.68. The number of hydrogen-bond acceptors (Lipinski definition) is 4. The lowest BCUT2D eigenvalue weighted by Gasteiger charge is -2.13. The van der Waals surface area contributed by atoms with Crippen LogP contribution >= 0.6 is 0 Å². The highest BCUT2D eigenvalue weighted by atomic mass is 19.1. The quantitative estimate of drug-likeness (QED) is 0.879. The molecule has 2 rings (SSSR count). The Hall–Kier alpha value is -2.77. The highest BCUT2D eigenvalue weighted by Crippen LogP contribution is 2.18. The Morgan fingerprint density at radius 1 is 1.45 bits per heavy atom. The van der Waals surface area contributed by atoms with Crippen LogP contribution in [-0.4, -0.2) is 31.7 Å². The molecule has 0 bridgehead atoms. The average molecular weight is 278 g/mol. The van der Waals surface area contributed by atoms with Crippen LogP contribution in [0.2, 0.25) is 0 Å². The summed E-state index contributed by atoms with van der Waals surface area (Å²) in [6.45, 7) is 1.58. The SMILES string of the molecule is CC(C(=O)Nc1ccc(F)cc1C(=O)O)n1cncn1. The van der Waals surface area contributed by atoms with Crippen molar-refractivity contribution in [1.82, 2.24) is 14.8 Å². The lowest BCUT2D eigenvalue weighted by Crippen LogP contribution is -2.25. The van der Waals surface area contributed by atoms with E-state index in [4.69, 9.17) is 5.11 Å². The molecule has 1 unspecified atom stereocenters. The number of amides is 1. The molecule has 1 atom stereocenters. The Labute approximate surface area is 113 Å². The minimum Gasteiger partial charge on any atom is -0.478 e. The number of aromatic nitrogens is 3. The Balaban J connectivity index is 2.22. The fourth-order valence-corrected chi connectivity index (χ4v) is 1.58. The van der Waals surface area contributed by atoms with E-state index < -0.39 is 23.7 Å². The molecular formula is C12H11FN4O3. The number of nitrogens with zero attached hydrogens (tertiary/aromatic N) is 3. The largest absolute Gasteiger partial charge is 0.478 e. The molecule has 104 valence electrons. The maximum absolute atomic E-state index is 13.0. The first-order valence-corrected chi connectivity index (χ1v) is 5.67. The number of carbonyl (C=O) groups excluding carboxylic acids is 1. The first-order valence-electron chi connectivity index (χ1n) is 5.67. The van der Waals surface area contributed by atoms with Crippen LogP contribution in [0.3, 0.4) is 0 Å². The first kappa shape index (κ1) is 13.7. The van der Waals surface area contributed by atoms with Gasteiger partial charge in [-0.1, -0.05) is 0 Å². The fraction of sp³-hybridized carbons (Fsp3) is 0.167. The number of rotatable bonds is 4. The average Bonchev–Trinajstić information content (AvgIpc) is 2.93. The highest BCUT2D eigenvalue weighted by Gasteiger charge is 2.19. The summed E-state index contributed by atoms with van der Waals surface area (Å²) >= 11 is 0. The number of aromatic carboxylic acids is 1. The van der Waals surface area contributed by atoms with Crippen molar-refractivity contribution in [2.75, 3.05) is 5.32 Å². The van der Waals surface area contributed by atoms with E-state index >= 15 is 0 Å². The molecule has 0 spiro atoms. The second-order valence-electron chi connectivity index (χ2n) is 4.04. The Morgan fingerprint density at radius 3 is 2.80 bits per heavy atom. The molecule has 1 aromatic carbocycles. The molecule has 1 aromatic heterocycles. The van der Waals surface area contributed by atoms with Gasteiger partial charge >= 0.3 is 5.97 Å².